The largest absolute Gasteiger partial charge is 0.289 e. The van der Waals surface area contributed by atoms with E-state index in [-0.39, 0.29) is 11.6 Å². The number of Topliss-reactive ketones (excluding diaryl/α,β-unsaturated/α-hetero) is 1. The fourth-order valence-corrected chi connectivity index (χ4v) is 5.08. The number of thioether (sulfide) groups is 2. The highest BCUT2D eigenvalue weighted by Crippen LogP contribution is 2.42. The Hall–Kier alpha value is -1.00. The minimum absolute atomic E-state index is 0.186. The summed E-state index contributed by atoms with van der Waals surface area (Å²) in [5.74, 6) is 2.18. The van der Waals surface area contributed by atoms with E-state index in [0.29, 0.717) is 0 Å². The number of halogens is 1. The predicted molar refractivity (Wildman–Crippen MR) is 85.2 cm³/mol. The lowest BCUT2D eigenvalue weighted by Gasteiger charge is -2.14. The highest BCUT2D eigenvalue weighted by Gasteiger charge is 2.27. The minimum Gasteiger partial charge on any atom is -0.289 e. The van der Waals surface area contributed by atoms with Gasteiger partial charge in [0.1, 0.15) is 5.82 Å². The Morgan fingerprint density at radius 2 is 1.75 bits per heavy atom. The van der Waals surface area contributed by atoms with Crippen LogP contribution in [0.2, 0.25) is 0 Å². The predicted octanol–water partition coefficient (Wildman–Crippen LogP) is 4.65. The lowest BCUT2D eigenvalue weighted by molar-refractivity contribution is -0.111. The summed E-state index contributed by atoms with van der Waals surface area (Å²) >= 11 is 3.64. The fourth-order valence-electron chi connectivity index (χ4n) is 2.38. The number of ketones is 1. The average Bonchev–Trinajstić information content (AvgIpc) is 2.84. The third-order valence-corrected chi connectivity index (χ3v) is 6.13. The number of carbonyl (C=O) groups is 1. The second kappa shape index (κ2) is 6.19. The number of carbonyl (C=O) groups excluding carboxylic acids is 1. The van der Waals surface area contributed by atoms with Crippen LogP contribution in [-0.2, 0) is 4.79 Å². The maximum absolute atomic E-state index is 12.9. The van der Waals surface area contributed by atoms with Crippen LogP contribution in [0.1, 0.15) is 24.8 Å². The second-order valence-corrected chi connectivity index (χ2v) is 7.34. The van der Waals surface area contributed by atoms with Crippen molar-refractivity contribution < 1.29 is 9.18 Å². The summed E-state index contributed by atoms with van der Waals surface area (Å²) < 4.78 is 14.1. The number of benzene rings is 1. The van der Waals surface area contributed by atoms with Crippen LogP contribution < -0.4 is 0 Å². The third-order valence-electron chi connectivity index (χ3n) is 3.42. The van der Waals surface area contributed by atoms with Crippen LogP contribution in [0.25, 0.3) is 6.08 Å². The van der Waals surface area contributed by atoms with E-state index in [1.807, 2.05) is 29.6 Å². The highest BCUT2D eigenvalue weighted by atomic mass is 32.2. The molecule has 0 atom stereocenters. The van der Waals surface area contributed by atoms with Crippen molar-refractivity contribution in [1.82, 2.24) is 0 Å². The van der Waals surface area contributed by atoms with Gasteiger partial charge in [-0.1, -0.05) is 12.1 Å². The molecular weight excluding hydrogens is 291 g/mol. The molecule has 0 N–H and O–H groups in total. The Balaban J connectivity index is 1.83. The van der Waals surface area contributed by atoms with Gasteiger partial charge in [0.2, 0.25) is 0 Å². The zero-order chi connectivity index (χ0) is 13.9. The summed E-state index contributed by atoms with van der Waals surface area (Å²) in [5, 5.41) is 0. The van der Waals surface area contributed by atoms with Crippen molar-refractivity contribution in [2.45, 2.75) is 19.3 Å². The molecule has 4 heteroatoms. The molecule has 104 valence electrons. The van der Waals surface area contributed by atoms with Crippen LogP contribution >= 0.6 is 23.5 Å². The lowest BCUT2D eigenvalue weighted by Crippen LogP contribution is -2.01. The van der Waals surface area contributed by atoms with Gasteiger partial charge in [0.15, 0.2) is 5.78 Å². The van der Waals surface area contributed by atoms with Crippen LogP contribution in [0.5, 0.6) is 0 Å². The van der Waals surface area contributed by atoms with Gasteiger partial charge in [0.05, 0.1) is 0 Å². The van der Waals surface area contributed by atoms with Crippen molar-refractivity contribution in [3.05, 3.63) is 51.0 Å². The lowest BCUT2D eigenvalue weighted by atomic mass is 10.1. The van der Waals surface area contributed by atoms with Crippen LogP contribution in [-0.4, -0.2) is 17.3 Å². The Morgan fingerprint density at radius 3 is 2.45 bits per heavy atom. The van der Waals surface area contributed by atoms with E-state index in [9.17, 15) is 9.18 Å². The van der Waals surface area contributed by atoms with Crippen LogP contribution in [0.3, 0.4) is 0 Å². The van der Waals surface area contributed by atoms with Crippen LogP contribution in [0.4, 0.5) is 4.39 Å². The normalized spacial score (nSPS) is 21.9. The molecule has 2 fully saturated rings. The molecule has 3 rings (SSSR count). The van der Waals surface area contributed by atoms with Gasteiger partial charge in [0, 0.05) is 15.4 Å². The molecule has 0 bridgehead atoms. The van der Waals surface area contributed by atoms with Crippen molar-refractivity contribution in [3.8, 4) is 0 Å². The van der Waals surface area contributed by atoms with Crippen molar-refractivity contribution in [1.29, 1.82) is 0 Å². The Morgan fingerprint density at radius 1 is 1.05 bits per heavy atom. The second-order valence-electron chi connectivity index (χ2n) is 4.87. The van der Waals surface area contributed by atoms with E-state index in [0.717, 1.165) is 41.1 Å². The van der Waals surface area contributed by atoms with Crippen molar-refractivity contribution in [2.24, 2.45) is 0 Å². The molecule has 0 spiro atoms. The molecule has 1 aliphatic heterocycles. The number of hydrogen-bond donors (Lipinski definition) is 0. The number of hydrogen-bond acceptors (Lipinski definition) is 3. The van der Waals surface area contributed by atoms with Gasteiger partial charge in [0.25, 0.3) is 0 Å². The van der Waals surface area contributed by atoms with E-state index in [1.165, 1.54) is 22.8 Å². The van der Waals surface area contributed by atoms with Gasteiger partial charge in [-0.15, -0.1) is 23.5 Å². The SMILES string of the molecule is O=C1C(=C2SCCCS2)CC/C1=C/c1ccc(F)cc1. The van der Waals surface area contributed by atoms with E-state index in [2.05, 4.69) is 0 Å². The minimum atomic E-state index is -0.247. The summed E-state index contributed by atoms with van der Waals surface area (Å²) in [6.07, 6.45) is 4.77. The topological polar surface area (TPSA) is 17.1 Å². The molecule has 1 aromatic rings. The Labute approximate surface area is 126 Å². The van der Waals surface area contributed by atoms with Crippen molar-refractivity contribution in [2.75, 3.05) is 11.5 Å². The molecule has 1 saturated heterocycles. The molecule has 1 nitrogen and oxygen atoms in total. The molecule has 1 aliphatic carbocycles. The maximum Gasteiger partial charge on any atom is 0.186 e. The summed E-state index contributed by atoms with van der Waals surface area (Å²) in [6, 6.07) is 6.28. The van der Waals surface area contributed by atoms with Crippen molar-refractivity contribution in [3.63, 3.8) is 0 Å². The molecule has 1 aromatic carbocycles. The highest BCUT2D eigenvalue weighted by molar-refractivity contribution is 8.22. The van der Waals surface area contributed by atoms with Crippen LogP contribution in [0.15, 0.2) is 39.6 Å². The summed E-state index contributed by atoms with van der Waals surface area (Å²) in [4.78, 5) is 12.4. The molecule has 1 saturated carbocycles. The maximum atomic E-state index is 12.9. The first-order valence-electron chi connectivity index (χ1n) is 6.73. The standard InChI is InChI=1S/C16H15FOS2/c17-13-5-2-11(3-6-13)10-12-4-7-14(15(12)18)16-19-8-1-9-20-16/h2-3,5-6,10H,1,4,7-9H2/b12-10-. The van der Waals surface area contributed by atoms with Gasteiger partial charge in [-0.2, -0.15) is 0 Å². The molecule has 2 aliphatic rings. The first-order chi connectivity index (χ1) is 9.74. The van der Waals surface area contributed by atoms with Gasteiger partial charge in [-0.05, 0) is 54.5 Å². The molecule has 0 amide bonds. The molecule has 0 aromatic heterocycles. The zero-order valence-electron chi connectivity index (χ0n) is 11.0. The average molecular weight is 306 g/mol. The molecule has 1 heterocycles. The van der Waals surface area contributed by atoms with E-state index < -0.39 is 0 Å². The van der Waals surface area contributed by atoms with Gasteiger partial charge >= 0.3 is 0 Å². The monoisotopic (exact) mass is 306 g/mol. The third kappa shape index (κ3) is 3.01. The molecule has 20 heavy (non-hydrogen) atoms. The Bertz CT molecular complexity index is 579. The van der Waals surface area contributed by atoms with E-state index in [4.69, 9.17) is 0 Å². The van der Waals surface area contributed by atoms with Gasteiger partial charge < -0.3 is 0 Å². The summed E-state index contributed by atoms with van der Waals surface area (Å²) in [5.41, 5.74) is 2.74. The fraction of sp³-hybridized carbons (Fsp3) is 0.312. The summed E-state index contributed by atoms with van der Waals surface area (Å²) in [6.45, 7) is 0. The molecule has 0 unspecified atom stereocenters. The molecular formula is C16H15FOS2. The van der Waals surface area contributed by atoms with Crippen molar-refractivity contribution >= 4 is 35.4 Å². The van der Waals surface area contributed by atoms with Gasteiger partial charge in [-0.3, -0.25) is 4.79 Å². The quantitative estimate of drug-likeness (QED) is 0.703. The number of allylic oxidation sites excluding steroid dienone is 2. The smallest absolute Gasteiger partial charge is 0.186 e. The summed E-state index contributed by atoms with van der Waals surface area (Å²) in [7, 11) is 0. The first kappa shape index (κ1) is 14.0. The first-order valence-corrected chi connectivity index (χ1v) is 8.71. The zero-order valence-corrected chi connectivity index (χ0v) is 12.7. The Kier molecular flexibility index (Phi) is 4.32. The van der Waals surface area contributed by atoms with E-state index >= 15 is 0 Å². The van der Waals surface area contributed by atoms with Gasteiger partial charge in [-0.25, -0.2) is 4.39 Å². The van der Waals surface area contributed by atoms with Crippen LogP contribution in [0, 0.1) is 5.82 Å². The number of rotatable bonds is 1. The van der Waals surface area contributed by atoms with E-state index in [1.54, 1.807) is 12.1 Å². The molecule has 0 radical (unpaired) electrons.